The number of carbonyl (C=O) groups is 1. The lowest BCUT2D eigenvalue weighted by Gasteiger charge is -2.27. The molecule has 112 valence electrons. The number of rotatable bonds is 5. The molecule has 4 nitrogen and oxygen atoms in total. The Morgan fingerprint density at radius 1 is 1.16 bits per heavy atom. The van der Waals surface area contributed by atoms with Gasteiger partial charge in [0.15, 0.2) is 0 Å². The second kappa shape index (κ2) is 9.56. The van der Waals surface area contributed by atoms with Gasteiger partial charge in [0.25, 0.3) is 0 Å². The zero-order chi connectivity index (χ0) is 12.6. The van der Waals surface area contributed by atoms with Gasteiger partial charge in [-0.3, -0.25) is 9.69 Å². The van der Waals surface area contributed by atoms with E-state index in [1.54, 1.807) is 0 Å². The van der Waals surface area contributed by atoms with E-state index < -0.39 is 0 Å². The van der Waals surface area contributed by atoms with E-state index >= 15 is 0 Å². The Labute approximate surface area is 123 Å². The van der Waals surface area contributed by atoms with Crippen molar-refractivity contribution >= 4 is 18.3 Å². The predicted octanol–water partition coefficient (Wildman–Crippen LogP) is 1.40. The van der Waals surface area contributed by atoms with E-state index in [0.29, 0.717) is 5.92 Å². The van der Waals surface area contributed by atoms with Gasteiger partial charge in [-0.25, -0.2) is 0 Å². The summed E-state index contributed by atoms with van der Waals surface area (Å²) in [5.41, 5.74) is 0. The number of carbonyl (C=O) groups excluding carboxylic acids is 1. The zero-order valence-electron chi connectivity index (χ0n) is 11.8. The van der Waals surface area contributed by atoms with Gasteiger partial charge in [-0.05, 0) is 18.8 Å². The number of nitrogens with zero attached hydrogens (tertiary/aromatic N) is 1. The standard InChI is InChI=1S/C14H27N3O.ClH/c18-14(12-13-4-2-1-3-5-13)16-8-11-17-9-6-15-7-10-17;/h13,15H,1-12H2,(H,16,18);1H. The second-order valence-corrected chi connectivity index (χ2v) is 5.65. The highest BCUT2D eigenvalue weighted by atomic mass is 35.5. The smallest absolute Gasteiger partial charge is 0.220 e. The molecule has 1 saturated carbocycles. The van der Waals surface area contributed by atoms with Crippen molar-refractivity contribution in [2.75, 3.05) is 39.3 Å². The van der Waals surface area contributed by atoms with Gasteiger partial charge in [-0.1, -0.05) is 19.3 Å². The van der Waals surface area contributed by atoms with Crippen LogP contribution in [0.3, 0.4) is 0 Å². The van der Waals surface area contributed by atoms with Gasteiger partial charge in [0.05, 0.1) is 0 Å². The molecule has 2 aliphatic rings. The summed E-state index contributed by atoms with van der Waals surface area (Å²) in [6.45, 7) is 6.19. The first kappa shape index (κ1) is 16.7. The van der Waals surface area contributed by atoms with E-state index in [0.717, 1.165) is 45.7 Å². The molecule has 1 aliphatic carbocycles. The average Bonchev–Trinajstić information content (AvgIpc) is 2.41. The quantitative estimate of drug-likeness (QED) is 0.804. The molecule has 1 aliphatic heterocycles. The van der Waals surface area contributed by atoms with Gasteiger partial charge in [0.1, 0.15) is 0 Å². The Kier molecular flexibility index (Phi) is 8.42. The lowest BCUT2D eigenvalue weighted by molar-refractivity contribution is -0.122. The normalized spacial score (nSPS) is 21.7. The molecule has 0 atom stereocenters. The van der Waals surface area contributed by atoms with Crippen LogP contribution >= 0.6 is 12.4 Å². The molecule has 0 spiro atoms. The van der Waals surface area contributed by atoms with E-state index in [1.807, 2.05) is 0 Å². The van der Waals surface area contributed by atoms with Crippen LogP contribution in [-0.2, 0) is 4.79 Å². The molecule has 0 aromatic rings. The van der Waals surface area contributed by atoms with Crippen molar-refractivity contribution in [3.63, 3.8) is 0 Å². The summed E-state index contributed by atoms with van der Waals surface area (Å²) < 4.78 is 0. The number of halogens is 1. The van der Waals surface area contributed by atoms with Crippen LogP contribution in [-0.4, -0.2) is 50.1 Å². The molecule has 0 unspecified atom stereocenters. The number of piperazine rings is 1. The van der Waals surface area contributed by atoms with E-state index in [1.165, 1.54) is 32.1 Å². The van der Waals surface area contributed by atoms with Crippen molar-refractivity contribution in [2.24, 2.45) is 5.92 Å². The van der Waals surface area contributed by atoms with Crippen LogP contribution in [0.15, 0.2) is 0 Å². The molecule has 5 heteroatoms. The summed E-state index contributed by atoms with van der Waals surface area (Å²) in [5.74, 6) is 0.912. The molecular formula is C14H28ClN3O. The fraction of sp³-hybridized carbons (Fsp3) is 0.929. The predicted molar refractivity (Wildman–Crippen MR) is 80.8 cm³/mol. The highest BCUT2D eigenvalue weighted by Crippen LogP contribution is 2.25. The lowest BCUT2D eigenvalue weighted by Crippen LogP contribution is -2.46. The molecule has 0 radical (unpaired) electrons. The zero-order valence-corrected chi connectivity index (χ0v) is 12.6. The maximum absolute atomic E-state index is 11.8. The summed E-state index contributed by atoms with van der Waals surface area (Å²) in [5, 5.41) is 6.42. The maximum atomic E-state index is 11.8. The molecule has 19 heavy (non-hydrogen) atoms. The van der Waals surface area contributed by atoms with Crippen molar-refractivity contribution in [1.82, 2.24) is 15.5 Å². The topological polar surface area (TPSA) is 44.4 Å². The van der Waals surface area contributed by atoms with E-state index in [-0.39, 0.29) is 18.3 Å². The number of amides is 1. The van der Waals surface area contributed by atoms with Gasteiger partial charge in [0.2, 0.25) is 5.91 Å². The molecule has 1 amide bonds. The Bertz CT molecular complexity index is 251. The third kappa shape index (κ3) is 6.59. The van der Waals surface area contributed by atoms with Gasteiger partial charge in [-0.15, -0.1) is 12.4 Å². The molecule has 2 rings (SSSR count). The minimum absolute atomic E-state index is 0. The monoisotopic (exact) mass is 289 g/mol. The molecular weight excluding hydrogens is 262 g/mol. The highest BCUT2D eigenvalue weighted by molar-refractivity contribution is 5.85. The molecule has 0 aromatic carbocycles. The van der Waals surface area contributed by atoms with Crippen molar-refractivity contribution < 1.29 is 4.79 Å². The second-order valence-electron chi connectivity index (χ2n) is 5.65. The molecule has 2 fully saturated rings. The number of nitrogens with one attached hydrogen (secondary N) is 2. The maximum Gasteiger partial charge on any atom is 0.220 e. The summed E-state index contributed by atoms with van der Waals surface area (Å²) in [6, 6.07) is 0. The summed E-state index contributed by atoms with van der Waals surface area (Å²) in [4.78, 5) is 14.2. The van der Waals surface area contributed by atoms with Crippen LogP contribution in [0.2, 0.25) is 0 Å². The SMILES string of the molecule is Cl.O=C(CC1CCCCC1)NCCN1CCNCC1. The largest absolute Gasteiger partial charge is 0.355 e. The first-order valence-electron chi connectivity index (χ1n) is 7.54. The van der Waals surface area contributed by atoms with Crippen LogP contribution < -0.4 is 10.6 Å². The van der Waals surface area contributed by atoms with Crippen molar-refractivity contribution in [1.29, 1.82) is 0 Å². The Balaban J connectivity index is 0.00000180. The Morgan fingerprint density at radius 3 is 2.53 bits per heavy atom. The number of hydrogen-bond donors (Lipinski definition) is 2. The summed E-state index contributed by atoms with van der Waals surface area (Å²) >= 11 is 0. The molecule has 1 heterocycles. The molecule has 0 aromatic heterocycles. The van der Waals surface area contributed by atoms with Crippen LogP contribution in [0.1, 0.15) is 38.5 Å². The third-order valence-electron chi connectivity index (χ3n) is 4.16. The van der Waals surface area contributed by atoms with Crippen molar-refractivity contribution in [3.8, 4) is 0 Å². The van der Waals surface area contributed by atoms with Crippen LogP contribution in [0.5, 0.6) is 0 Å². The first-order valence-corrected chi connectivity index (χ1v) is 7.54. The molecule has 0 bridgehead atoms. The van der Waals surface area contributed by atoms with E-state index in [9.17, 15) is 4.79 Å². The van der Waals surface area contributed by atoms with Gasteiger partial charge < -0.3 is 10.6 Å². The molecule has 1 saturated heterocycles. The van der Waals surface area contributed by atoms with Crippen LogP contribution in [0.25, 0.3) is 0 Å². The fourth-order valence-electron chi connectivity index (χ4n) is 3.01. The Hall–Kier alpha value is -0.320. The van der Waals surface area contributed by atoms with Gasteiger partial charge in [0, 0.05) is 45.7 Å². The van der Waals surface area contributed by atoms with E-state index in [4.69, 9.17) is 0 Å². The fourth-order valence-corrected chi connectivity index (χ4v) is 3.01. The number of hydrogen-bond acceptors (Lipinski definition) is 3. The average molecular weight is 290 g/mol. The van der Waals surface area contributed by atoms with Gasteiger partial charge in [-0.2, -0.15) is 0 Å². The van der Waals surface area contributed by atoms with Crippen LogP contribution in [0.4, 0.5) is 0 Å². The minimum Gasteiger partial charge on any atom is -0.355 e. The van der Waals surface area contributed by atoms with Crippen molar-refractivity contribution in [3.05, 3.63) is 0 Å². The summed E-state index contributed by atoms with van der Waals surface area (Å²) in [7, 11) is 0. The summed E-state index contributed by atoms with van der Waals surface area (Å²) in [6.07, 6.45) is 7.26. The first-order chi connectivity index (χ1) is 8.84. The third-order valence-corrected chi connectivity index (χ3v) is 4.16. The minimum atomic E-state index is 0. The Morgan fingerprint density at radius 2 is 1.84 bits per heavy atom. The highest BCUT2D eigenvalue weighted by Gasteiger charge is 2.17. The van der Waals surface area contributed by atoms with E-state index in [2.05, 4.69) is 15.5 Å². The van der Waals surface area contributed by atoms with Crippen LogP contribution in [0, 0.1) is 5.92 Å². The van der Waals surface area contributed by atoms with Gasteiger partial charge >= 0.3 is 0 Å². The van der Waals surface area contributed by atoms with Crippen molar-refractivity contribution in [2.45, 2.75) is 38.5 Å². The lowest BCUT2D eigenvalue weighted by atomic mass is 9.87. The molecule has 2 N–H and O–H groups in total.